The third kappa shape index (κ3) is 14.2. The fourth-order valence-electron chi connectivity index (χ4n) is 2.88. The van der Waals surface area contributed by atoms with Crippen LogP contribution in [0.25, 0.3) is 0 Å². The summed E-state index contributed by atoms with van der Waals surface area (Å²) in [5.74, 6) is 0.552. The van der Waals surface area contributed by atoms with Crippen LogP contribution in [0.3, 0.4) is 0 Å². The molecule has 0 amide bonds. The van der Waals surface area contributed by atoms with Gasteiger partial charge in [-0.2, -0.15) is 0 Å². The number of hydrogen-bond donors (Lipinski definition) is 0. The number of hydrogen-bond acceptors (Lipinski definition) is 2. The molecule has 0 saturated heterocycles. The predicted octanol–water partition coefficient (Wildman–Crippen LogP) is 6.28. The van der Waals surface area contributed by atoms with Gasteiger partial charge < -0.3 is 4.74 Å². The first-order valence-corrected chi connectivity index (χ1v) is 9.40. The molecule has 0 aliphatic heterocycles. The fraction of sp³-hybridized carbons (Fsp3) is 0.947. The topological polar surface area (TPSA) is 26.3 Å². The standard InChI is InChI=1S/C19H38O2/c1-4-7-9-11-12-14-16-18(15-13-10-8-5-2)17-19(20)21-6-3/h18H,4-17H2,1-3H3. The Bertz CT molecular complexity index is 226. The van der Waals surface area contributed by atoms with Crippen LogP contribution in [-0.2, 0) is 9.53 Å². The average Bonchev–Trinajstić information content (AvgIpc) is 2.47. The minimum absolute atomic E-state index is 0.00368. The minimum atomic E-state index is 0.00368. The van der Waals surface area contributed by atoms with Crippen LogP contribution in [0.5, 0.6) is 0 Å². The number of rotatable bonds is 15. The fourth-order valence-corrected chi connectivity index (χ4v) is 2.88. The second kappa shape index (κ2) is 15.9. The van der Waals surface area contributed by atoms with Crippen LogP contribution < -0.4 is 0 Å². The Hall–Kier alpha value is -0.530. The van der Waals surface area contributed by atoms with E-state index in [0.717, 1.165) is 0 Å². The van der Waals surface area contributed by atoms with Crippen LogP contribution in [0, 0.1) is 5.92 Å². The van der Waals surface area contributed by atoms with Crippen molar-refractivity contribution in [3.8, 4) is 0 Å². The van der Waals surface area contributed by atoms with Gasteiger partial charge in [0.1, 0.15) is 0 Å². The Balaban J connectivity index is 3.85. The quantitative estimate of drug-likeness (QED) is 0.263. The molecule has 0 aromatic carbocycles. The molecule has 0 aromatic heterocycles. The van der Waals surface area contributed by atoms with E-state index < -0.39 is 0 Å². The van der Waals surface area contributed by atoms with Gasteiger partial charge in [0.2, 0.25) is 0 Å². The zero-order valence-electron chi connectivity index (χ0n) is 14.8. The van der Waals surface area contributed by atoms with Gasteiger partial charge in [0.15, 0.2) is 0 Å². The van der Waals surface area contributed by atoms with Crippen LogP contribution in [0.15, 0.2) is 0 Å². The first kappa shape index (κ1) is 20.5. The smallest absolute Gasteiger partial charge is 0.306 e. The van der Waals surface area contributed by atoms with Gasteiger partial charge in [-0.1, -0.05) is 78.1 Å². The molecule has 0 aromatic rings. The van der Waals surface area contributed by atoms with Crippen molar-refractivity contribution >= 4 is 5.97 Å². The number of unbranched alkanes of at least 4 members (excludes halogenated alkanes) is 8. The third-order valence-electron chi connectivity index (χ3n) is 4.19. The zero-order valence-corrected chi connectivity index (χ0v) is 14.8. The molecule has 2 heteroatoms. The largest absolute Gasteiger partial charge is 0.466 e. The number of carbonyl (C=O) groups excluding carboxylic acids is 1. The Morgan fingerprint density at radius 3 is 1.76 bits per heavy atom. The Kier molecular flexibility index (Phi) is 15.5. The maximum Gasteiger partial charge on any atom is 0.306 e. The summed E-state index contributed by atoms with van der Waals surface area (Å²) in [5, 5.41) is 0. The summed E-state index contributed by atoms with van der Waals surface area (Å²) in [6.45, 7) is 6.90. The molecule has 0 fully saturated rings. The molecule has 0 rings (SSSR count). The summed E-state index contributed by atoms with van der Waals surface area (Å²) in [7, 11) is 0. The van der Waals surface area contributed by atoms with Crippen molar-refractivity contribution in [2.45, 2.75) is 104 Å². The van der Waals surface area contributed by atoms with E-state index in [1.54, 1.807) is 0 Å². The third-order valence-corrected chi connectivity index (χ3v) is 4.19. The van der Waals surface area contributed by atoms with Gasteiger partial charge in [0.25, 0.3) is 0 Å². The molecule has 1 atom stereocenters. The molecule has 0 aliphatic rings. The van der Waals surface area contributed by atoms with Gasteiger partial charge in [-0.25, -0.2) is 0 Å². The van der Waals surface area contributed by atoms with Crippen molar-refractivity contribution in [1.29, 1.82) is 0 Å². The van der Waals surface area contributed by atoms with E-state index in [0.29, 0.717) is 18.9 Å². The average molecular weight is 299 g/mol. The first-order valence-electron chi connectivity index (χ1n) is 9.40. The first-order chi connectivity index (χ1) is 10.2. The highest BCUT2D eigenvalue weighted by atomic mass is 16.5. The Labute approximate surface area is 133 Å². The van der Waals surface area contributed by atoms with Crippen LogP contribution >= 0.6 is 0 Å². The van der Waals surface area contributed by atoms with Crippen LogP contribution in [0.2, 0.25) is 0 Å². The van der Waals surface area contributed by atoms with Gasteiger partial charge in [-0.15, -0.1) is 0 Å². The van der Waals surface area contributed by atoms with Crippen molar-refractivity contribution in [2.75, 3.05) is 6.61 Å². The summed E-state index contributed by atoms with van der Waals surface area (Å²) in [5.41, 5.74) is 0. The molecule has 0 aliphatic carbocycles. The van der Waals surface area contributed by atoms with E-state index in [2.05, 4.69) is 13.8 Å². The van der Waals surface area contributed by atoms with E-state index in [1.807, 2.05) is 6.92 Å². The lowest BCUT2D eigenvalue weighted by Gasteiger charge is -2.16. The van der Waals surface area contributed by atoms with Crippen molar-refractivity contribution in [3.63, 3.8) is 0 Å². The second-order valence-electron chi connectivity index (χ2n) is 6.28. The molecule has 2 nitrogen and oxygen atoms in total. The van der Waals surface area contributed by atoms with E-state index >= 15 is 0 Å². The number of ether oxygens (including phenoxy) is 1. The summed E-state index contributed by atoms with van der Waals surface area (Å²) in [6.07, 6.45) is 16.2. The minimum Gasteiger partial charge on any atom is -0.466 e. The van der Waals surface area contributed by atoms with E-state index in [4.69, 9.17) is 4.74 Å². The Morgan fingerprint density at radius 1 is 0.762 bits per heavy atom. The molecule has 0 N–H and O–H groups in total. The van der Waals surface area contributed by atoms with Gasteiger partial charge in [0, 0.05) is 6.42 Å². The normalized spacial score (nSPS) is 12.3. The Morgan fingerprint density at radius 2 is 1.24 bits per heavy atom. The molecule has 0 heterocycles. The highest BCUT2D eigenvalue weighted by molar-refractivity contribution is 5.69. The molecule has 1 unspecified atom stereocenters. The van der Waals surface area contributed by atoms with Gasteiger partial charge in [-0.3, -0.25) is 4.79 Å². The molecular formula is C19H38O2. The molecule has 126 valence electrons. The summed E-state index contributed by atoms with van der Waals surface area (Å²) in [4.78, 5) is 11.7. The van der Waals surface area contributed by atoms with Crippen LogP contribution in [-0.4, -0.2) is 12.6 Å². The summed E-state index contributed by atoms with van der Waals surface area (Å²) < 4.78 is 5.12. The van der Waals surface area contributed by atoms with Crippen molar-refractivity contribution in [3.05, 3.63) is 0 Å². The van der Waals surface area contributed by atoms with Gasteiger partial charge in [0.05, 0.1) is 6.61 Å². The van der Waals surface area contributed by atoms with Crippen molar-refractivity contribution in [2.24, 2.45) is 5.92 Å². The van der Waals surface area contributed by atoms with Crippen molar-refractivity contribution < 1.29 is 9.53 Å². The monoisotopic (exact) mass is 298 g/mol. The zero-order chi connectivity index (χ0) is 15.8. The summed E-state index contributed by atoms with van der Waals surface area (Å²) >= 11 is 0. The van der Waals surface area contributed by atoms with Crippen LogP contribution in [0.4, 0.5) is 0 Å². The molecule has 0 spiro atoms. The van der Waals surface area contributed by atoms with E-state index in [9.17, 15) is 4.79 Å². The maximum absolute atomic E-state index is 11.7. The number of esters is 1. The predicted molar refractivity (Wildman–Crippen MR) is 91.5 cm³/mol. The number of carbonyl (C=O) groups is 1. The lowest BCUT2D eigenvalue weighted by atomic mass is 9.91. The molecule has 0 radical (unpaired) electrons. The maximum atomic E-state index is 11.7. The lowest BCUT2D eigenvalue weighted by molar-refractivity contribution is -0.144. The molecular weight excluding hydrogens is 260 g/mol. The van der Waals surface area contributed by atoms with Gasteiger partial charge in [-0.05, 0) is 25.7 Å². The SMILES string of the molecule is CCCCCCCCC(CCCCCC)CC(=O)OCC. The van der Waals surface area contributed by atoms with Crippen LogP contribution in [0.1, 0.15) is 104 Å². The molecule has 0 bridgehead atoms. The molecule has 21 heavy (non-hydrogen) atoms. The molecule has 0 saturated carbocycles. The summed E-state index contributed by atoms with van der Waals surface area (Å²) in [6, 6.07) is 0. The van der Waals surface area contributed by atoms with E-state index in [1.165, 1.54) is 77.0 Å². The van der Waals surface area contributed by atoms with Gasteiger partial charge >= 0.3 is 5.97 Å². The highest BCUT2D eigenvalue weighted by Crippen LogP contribution is 2.22. The lowest BCUT2D eigenvalue weighted by Crippen LogP contribution is -2.12. The highest BCUT2D eigenvalue weighted by Gasteiger charge is 2.14. The van der Waals surface area contributed by atoms with E-state index in [-0.39, 0.29) is 5.97 Å². The van der Waals surface area contributed by atoms with Crippen molar-refractivity contribution in [1.82, 2.24) is 0 Å². The second-order valence-corrected chi connectivity index (χ2v) is 6.28.